The van der Waals surface area contributed by atoms with Gasteiger partial charge in [0.1, 0.15) is 0 Å². The van der Waals surface area contributed by atoms with E-state index in [1.54, 1.807) is 0 Å². The average Bonchev–Trinajstić information content (AvgIpc) is 2.50. The number of hydrogen-bond acceptors (Lipinski definition) is 1. The highest BCUT2D eigenvalue weighted by molar-refractivity contribution is 4.95. The monoisotopic (exact) mass is 111 g/mol. The molecule has 0 aromatic carbocycles. The highest BCUT2D eigenvalue weighted by Gasteiger charge is 2.21. The van der Waals surface area contributed by atoms with Gasteiger partial charge in [0.15, 0.2) is 0 Å². The molecule has 46 valence electrons. The lowest BCUT2D eigenvalue weighted by molar-refractivity contribution is 0.762. The topological polar surface area (TPSA) is 12.0 Å². The molecule has 0 radical (unpaired) electrons. The Balaban J connectivity index is 2.07. The third-order valence-electron chi connectivity index (χ3n) is 1.59. The minimum Gasteiger partial charge on any atom is -0.392 e. The van der Waals surface area contributed by atoms with Gasteiger partial charge >= 0.3 is 0 Å². The van der Waals surface area contributed by atoms with Crippen LogP contribution in [0.2, 0.25) is 0 Å². The van der Waals surface area contributed by atoms with E-state index in [1.807, 2.05) is 7.05 Å². The van der Waals surface area contributed by atoms with Crippen molar-refractivity contribution in [3.05, 3.63) is 12.3 Å². The van der Waals surface area contributed by atoms with E-state index in [4.69, 9.17) is 0 Å². The van der Waals surface area contributed by atoms with E-state index < -0.39 is 0 Å². The quantitative estimate of drug-likeness (QED) is 0.582. The molecule has 0 unspecified atom stereocenters. The Labute approximate surface area is 50.8 Å². The SMILES string of the molecule is C=C(CC1CC1)NC. The number of hydrogen-bond donors (Lipinski definition) is 1. The van der Waals surface area contributed by atoms with Gasteiger partial charge in [-0.25, -0.2) is 0 Å². The smallest absolute Gasteiger partial charge is 0.00338 e. The normalized spacial score (nSPS) is 18.1. The lowest BCUT2D eigenvalue weighted by Crippen LogP contribution is -2.03. The third kappa shape index (κ3) is 1.57. The van der Waals surface area contributed by atoms with Crippen LogP contribution in [-0.2, 0) is 0 Å². The fourth-order valence-electron chi connectivity index (χ4n) is 0.772. The number of nitrogens with one attached hydrogen (secondary N) is 1. The van der Waals surface area contributed by atoms with E-state index in [9.17, 15) is 0 Å². The van der Waals surface area contributed by atoms with Crippen molar-refractivity contribution in [3.63, 3.8) is 0 Å². The van der Waals surface area contributed by atoms with Gasteiger partial charge in [-0.3, -0.25) is 0 Å². The summed E-state index contributed by atoms with van der Waals surface area (Å²) in [5.74, 6) is 0.968. The van der Waals surface area contributed by atoms with E-state index >= 15 is 0 Å². The molecule has 1 aliphatic carbocycles. The van der Waals surface area contributed by atoms with Gasteiger partial charge in [0.05, 0.1) is 0 Å². The zero-order chi connectivity index (χ0) is 5.98. The van der Waals surface area contributed by atoms with Crippen LogP contribution < -0.4 is 5.32 Å². The van der Waals surface area contributed by atoms with Gasteiger partial charge in [-0.15, -0.1) is 0 Å². The molecule has 0 spiro atoms. The number of rotatable bonds is 3. The summed E-state index contributed by atoms with van der Waals surface area (Å²) in [4.78, 5) is 0. The highest BCUT2D eigenvalue weighted by Crippen LogP contribution is 2.33. The Morgan fingerprint density at radius 2 is 2.38 bits per heavy atom. The molecular formula is C7H13N. The van der Waals surface area contributed by atoms with Crippen molar-refractivity contribution in [2.45, 2.75) is 19.3 Å². The van der Waals surface area contributed by atoms with Gasteiger partial charge < -0.3 is 5.32 Å². The summed E-state index contributed by atoms with van der Waals surface area (Å²) in [5.41, 5.74) is 1.19. The van der Waals surface area contributed by atoms with Crippen molar-refractivity contribution in [1.82, 2.24) is 5.32 Å². The standard InChI is InChI=1S/C7H13N/c1-6(8-2)5-7-3-4-7/h7-8H,1,3-5H2,2H3. The molecule has 0 amide bonds. The first-order valence-electron chi connectivity index (χ1n) is 3.18. The summed E-state index contributed by atoms with van der Waals surface area (Å²) < 4.78 is 0. The first-order chi connectivity index (χ1) is 3.83. The Kier molecular flexibility index (Phi) is 1.56. The summed E-state index contributed by atoms with van der Waals surface area (Å²) in [5, 5.41) is 3.04. The first kappa shape index (κ1) is 5.67. The molecule has 0 aliphatic heterocycles. The maximum atomic E-state index is 3.84. The Bertz CT molecular complexity index is 92.6. The minimum absolute atomic E-state index is 0.968. The molecular weight excluding hydrogens is 98.1 g/mol. The van der Waals surface area contributed by atoms with Crippen LogP contribution in [0.5, 0.6) is 0 Å². The largest absolute Gasteiger partial charge is 0.392 e. The second-order valence-electron chi connectivity index (χ2n) is 2.50. The van der Waals surface area contributed by atoms with Crippen molar-refractivity contribution in [2.24, 2.45) is 5.92 Å². The molecule has 8 heavy (non-hydrogen) atoms. The molecule has 1 heteroatoms. The van der Waals surface area contributed by atoms with Crippen LogP contribution >= 0.6 is 0 Å². The maximum absolute atomic E-state index is 3.84. The van der Waals surface area contributed by atoms with E-state index in [2.05, 4.69) is 11.9 Å². The molecule has 0 saturated heterocycles. The first-order valence-corrected chi connectivity index (χ1v) is 3.18. The van der Waals surface area contributed by atoms with Crippen LogP contribution in [0.1, 0.15) is 19.3 Å². The molecule has 1 saturated carbocycles. The van der Waals surface area contributed by atoms with Gasteiger partial charge in [0, 0.05) is 12.7 Å². The van der Waals surface area contributed by atoms with Crippen LogP contribution in [0.25, 0.3) is 0 Å². The zero-order valence-electron chi connectivity index (χ0n) is 5.41. The van der Waals surface area contributed by atoms with Crippen LogP contribution in [0.3, 0.4) is 0 Å². The average molecular weight is 111 g/mol. The molecule has 1 nitrogen and oxygen atoms in total. The second kappa shape index (κ2) is 2.21. The van der Waals surface area contributed by atoms with Crippen LogP contribution in [0.15, 0.2) is 12.3 Å². The fourth-order valence-corrected chi connectivity index (χ4v) is 0.772. The summed E-state index contributed by atoms with van der Waals surface area (Å²) in [6.45, 7) is 3.84. The molecule has 1 N–H and O–H groups in total. The summed E-state index contributed by atoms with van der Waals surface area (Å²) in [7, 11) is 1.94. The van der Waals surface area contributed by atoms with Gasteiger partial charge in [-0.2, -0.15) is 0 Å². The van der Waals surface area contributed by atoms with Crippen molar-refractivity contribution in [3.8, 4) is 0 Å². The van der Waals surface area contributed by atoms with Crippen molar-refractivity contribution >= 4 is 0 Å². The summed E-state index contributed by atoms with van der Waals surface area (Å²) in [6, 6.07) is 0. The Morgan fingerprint density at radius 3 is 2.75 bits per heavy atom. The van der Waals surface area contributed by atoms with Crippen LogP contribution in [0, 0.1) is 5.92 Å². The van der Waals surface area contributed by atoms with Crippen molar-refractivity contribution in [2.75, 3.05) is 7.05 Å². The second-order valence-corrected chi connectivity index (χ2v) is 2.50. The Morgan fingerprint density at radius 1 is 1.75 bits per heavy atom. The van der Waals surface area contributed by atoms with Crippen molar-refractivity contribution in [1.29, 1.82) is 0 Å². The maximum Gasteiger partial charge on any atom is 0.00338 e. The number of allylic oxidation sites excluding steroid dienone is 1. The summed E-state index contributed by atoms with van der Waals surface area (Å²) in [6.07, 6.45) is 4.03. The fraction of sp³-hybridized carbons (Fsp3) is 0.714. The van der Waals surface area contributed by atoms with Crippen LogP contribution in [0.4, 0.5) is 0 Å². The minimum atomic E-state index is 0.968. The van der Waals surface area contributed by atoms with E-state index in [0.717, 1.165) is 5.92 Å². The lowest BCUT2D eigenvalue weighted by atomic mass is 10.2. The highest BCUT2D eigenvalue weighted by atomic mass is 14.8. The summed E-state index contributed by atoms with van der Waals surface area (Å²) >= 11 is 0. The lowest BCUT2D eigenvalue weighted by Gasteiger charge is -1.99. The predicted octanol–water partition coefficient (Wildman–Crippen LogP) is 1.52. The molecule has 0 atom stereocenters. The van der Waals surface area contributed by atoms with Gasteiger partial charge in [-0.1, -0.05) is 6.58 Å². The van der Waals surface area contributed by atoms with Gasteiger partial charge in [0.2, 0.25) is 0 Å². The van der Waals surface area contributed by atoms with Gasteiger partial charge in [0.25, 0.3) is 0 Å². The third-order valence-corrected chi connectivity index (χ3v) is 1.59. The molecule has 0 aromatic heterocycles. The van der Waals surface area contributed by atoms with Gasteiger partial charge in [-0.05, 0) is 25.2 Å². The van der Waals surface area contributed by atoms with Crippen molar-refractivity contribution < 1.29 is 0 Å². The molecule has 1 fully saturated rings. The molecule has 0 heterocycles. The van der Waals surface area contributed by atoms with E-state index in [0.29, 0.717) is 0 Å². The van der Waals surface area contributed by atoms with E-state index in [1.165, 1.54) is 25.0 Å². The molecule has 1 rings (SSSR count). The predicted molar refractivity (Wildman–Crippen MR) is 35.5 cm³/mol. The molecule has 0 bridgehead atoms. The van der Waals surface area contributed by atoms with E-state index in [-0.39, 0.29) is 0 Å². The van der Waals surface area contributed by atoms with Crippen LogP contribution in [-0.4, -0.2) is 7.05 Å². The molecule has 1 aliphatic rings. The zero-order valence-corrected chi connectivity index (χ0v) is 5.41. The Hall–Kier alpha value is -0.460. The molecule has 0 aromatic rings.